The van der Waals surface area contributed by atoms with Gasteiger partial charge in [0.1, 0.15) is 0 Å². The molecule has 3 N–H and O–H groups in total. The van der Waals surface area contributed by atoms with E-state index in [9.17, 15) is 13.2 Å². The average molecular weight is 254 g/mol. The van der Waals surface area contributed by atoms with Crippen molar-refractivity contribution in [2.75, 3.05) is 13.1 Å². The first-order valence-electron chi connectivity index (χ1n) is 5.60. The zero-order valence-electron chi connectivity index (χ0n) is 9.41. The van der Waals surface area contributed by atoms with Crippen LogP contribution in [0.4, 0.5) is 13.2 Å². The number of piperidine rings is 1. The minimum Gasteiger partial charge on any atom is -0.475 e. The largest absolute Gasteiger partial charge is 0.490 e. The standard InChI is InChI=1S/C8H16N2.C2HF3O2/c9-7-2-1-5-10(6-7)8-3-4-8;3-2(4,5)1(6)7/h7-8H,1-6,9H2;(H,6,7). The van der Waals surface area contributed by atoms with Gasteiger partial charge in [0.15, 0.2) is 0 Å². The Morgan fingerprint density at radius 3 is 2.18 bits per heavy atom. The number of hydrogen-bond acceptors (Lipinski definition) is 3. The maximum atomic E-state index is 10.6. The smallest absolute Gasteiger partial charge is 0.475 e. The van der Waals surface area contributed by atoms with Crippen LogP contribution in [0.15, 0.2) is 0 Å². The second-order valence-electron chi connectivity index (χ2n) is 4.43. The van der Waals surface area contributed by atoms with Gasteiger partial charge in [-0.05, 0) is 32.2 Å². The van der Waals surface area contributed by atoms with Crippen LogP contribution in [0.5, 0.6) is 0 Å². The van der Waals surface area contributed by atoms with Crippen LogP contribution in [-0.4, -0.2) is 47.3 Å². The van der Waals surface area contributed by atoms with Gasteiger partial charge >= 0.3 is 12.1 Å². The number of carboxylic acids is 1. The molecule has 0 aromatic heterocycles. The van der Waals surface area contributed by atoms with Crippen molar-refractivity contribution in [3.63, 3.8) is 0 Å². The number of alkyl halides is 3. The number of halogens is 3. The third kappa shape index (κ3) is 5.36. The van der Waals surface area contributed by atoms with Crippen molar-refractivity contribution >= 4 is 5.97 Å². The van der Waals surface area contributed by atoms with E-state index >= 15 is 0 Å². The first-order chi connectivity index (χ1) is 7.80. The van der Waals surface area contributed by atoms with Crippen molar-refractivity contribution in [3.8, 4) is 0 Å². The molecule has 0 bridgehead atoms. The number of rotatable bonds is 1. The number of nitrogens with two attached hydrogens (primary N) is 1. The molecule has 17 heavy (non-hydrogen) atoms. The van der Waals surface area contributed by atoms with Gasteiger partial charge in [0.25, 0.3) is 0 Å². The summed E-state index contributed by atoms with van der Waals surface area (Å²) in [7, 11) is 0. The number of likely N-dealkylation sites (tertiary alicyclic amines) is 1. The van der Waals surface area contributed by atoms with Gasteiger partial charge in [-0.25, -0.2) is 4.79 Å². The second kappa shape index (κ2) is 5.68. The van der Waals surface area contributed by atoms with Crippen molar-refractivity contribution in [2.24, 2.45) is 5.73 Å². The molecule has 0 amide bonds. The Kier molecular flexibility index (Phi) is 4.76. The Morgan fingerprint density at radius 1 is 1.29 bits per heavy atom. The Labute approximate surface area is 97.6 Å². The van der Waals surface area contributed by atoms with E-state index < -0.39 is 12.1 Å². The highest BCUT2D eigenvalue weighted by molar-refractivity contribution is 5.73. The highest BCUT2D eigenvalue weighted by Crippen LogP contribution is 2.28. The van der Waals surface area contributed by atoms with Gasteiger partial charge in [-0.15, -0.1) is 0 Å². The fraction of sp³-hybridized carbons (Fsp3) is 0.900. The summed E-state index contributed by atoms with van der Waals surface area (Å²) in [4.78, 5) is 11.5. The van der Waals surface area contributed by atoms with Gasteiger partial charge in [-0.3, -0.25) is 4.90 Å². The van der Waals surface area contributed by atoms with Crippen molar-refractivity contribution in [1.29, 1.82) is 0 Å². The zero-order valence-corrected chi connectivity index (χ0v) is 9.41. The van der Waals surface area contributed by atoms with Crippen LogP contribution in [-0.2, 0) is 4.79 Å². The summed E-state index contributed by atoms with van der Waals surface area (Å²) >= 11 is 0. The molecular weight excluding hydrogens is 237 g/mol. The molecule has 100 valence electrons. The number of hydrogen-bond donors (Lipinski definition) is 2. The van der Waals surface area contributed by atoms with Gasteiger partial charge < -0.3 is 10.8 Å². The van der Waals surface area contributed by atoms with E-state index in [0.29, 0.717) is 6.04 Å². The molecular formula is C10H17F3N2O2. The molecule has 0 aromatic carbocycles. The first kappa shape index (κ1) is 14.2. The lowest BCUT2D eigenvalue weighted by Gasteiger charge is -2.30. The molecule has 0 radical (unpaired) electrons. The Hall–Kier alpha value is -0.820. The van der Waals surface area contributed by atoms with E-state index in [4.69, 9.17) is 15.6 Å². The molecule has 0 aromatic rings. The van der Waals surface area contributed by atoms with Crippen molar-refractivity contribution < 1.29 is 23.1 Å². The minimum atomic E-state index is -5.08. The van der Waals surface area contributed by atoms with Gasteiger partial charge in [0.05, 0.1) is 0 Å². The van der Waals surface area contributed by atoms with E-state index in [1.807, 2.05) is 0 Å². The lowest BCUT2D eigenvalue weighted by atomic mass is 10.1. The van der Waals surface area contributed by atoms with E-state index in [1.54, 1.807) is 0 Å². The van der Waals surface area contributed by atoms with Crippen LogP contribution in [0.2, 0.25) is 0 Å². The van der Waals surface area contributed by atoms with E-state index in [2.05, 4.69) is 4.90 Å². The molecule has 0 spiro atoms. The number of nitrogens with zero attached hydrogens (tertiary/aromatic N) is 1. The molecule has 1 saturated carbocycles. The summed E-state index contributed by atoms with van der Waals surface area (Å²) in [6.45, 7) is 2.46. The molecule has 1 atom stereocenters. The molecule has 2 fully saturated rings. The average Bonchev–Trinajstić information content (AvgIpc) is 3.00. The molecule has 1 saturated heterocycles. The number of carbonyl (C=O) groups is 1. The van der Waals surface area contributed by atoms with Gasteiger partial charge in [0, 0.05) is 18.6 Å². The highest BCUT2D eigenvalue weighted by atomic mass is 19.4. The van der Waals surface area contributed by atoms with Gasteiger partial charge in [-0.2, -0.15) is 13.2 Å². The third-order valence-electron chi connectivity index (χ3n) is 2.80. The molecule has 1 heterocycles. The minimum absolute atomic E-state index is 0.467. The summed E-state index contributed by atoms with van der Waals surface area (Å²) in [5, 5.41) is 7.12. The van der Waals surface area contributed by atoms with Crippen LogP contribution in [0.3, 0.4) is 0 Å². The molecule has 4 nitrogen and oxygen atoms in total. The molecule has 1 unspecified atom stereocenters. The van der Waals surface area contributed by atoms with Gasteiger partial charge in [0.2, 0.25) is 0 Å². The van der Waals surface area contributed by atoms with Crippen LogP contribution in [0.25, 0.3) is 0 Å². The van der Waals surface area contributed by atoms with E-state index in [-0.39, 0.29) is 0 Å². The summed E-state index contributed by atoms with van der Waals surface area (Å²) in [6.07, 6.45) is 0.320. The molecule has 1 aliphatic heterocycles. The topological polar surface area (TPSA) is 66.6 Å². The highest BCUT2D eigenvalue weighted by Gasteiger charge is 2.38. The molecule has 1 aliphatic carbocycles. The van der Waals surface area contributed by atoms with Crippen LogP contribution >= 0.6 is 0 Å². The third-order valence-corrected chi connectivity index (χ3v) is 2.80. The fourth-order valence-electron chi connectivity index (χ4n) is 1.81. The van der Waals surface area contributed by atoms with Crippen molar-refractivity contribution in [3.05, 3.63) is 0 Å². The molecule has 2 rings (SSSR count). The predicted octanol–water partition coefficient (Wildman–Crippen LogP) is 1.21. The van der Waals surface area contributed by atoms with Gasteiger partial charge in [-0.1, -0.05) is 0 Å². The van der Waals surface area contributed by atoms with Crippen molar-refractivity contribution in [2.45, 2.75) is 43.9 Å². The Bertz CT molecular complexity index is 267. The monoisotopic (exact) mass is 254 g/mol. The summed E-state index contributed by atoms with van der Waals surface area (Å²) in [5.41, 5.74) is 5.85. The summed E-state index contributed by atoms with van der Waals surface area (Å²) < 4.78 is 31.7. The van der Waals surface area contributed by atoms with Crippen LogP contribution in [0, 0.1) is 0 Å². The first-order valence-corrected chi connectivity index (χ1v) is 5.60. The second-order valence-corrected chi connectivity index (χ2v) is 4.43. The molecule has 7 heteroatoms. The maximum Gasteiger partial charge on any atom is 0.490 e. The Morgan fingerprint density at radius 2 is 1.82 bits per heavy atom. The Balaban J connectivity index is 0.000000185. The van der Waals surface area contributed by atoms with Crippen LogP contribution in [0.1, 0.15) is 25.7 Å². The fourth-order valence-corrected chi connectivity index (χ4v) is 1.81. The maximum absolute atomic E-state index is 10.6. The number of aliphatic carboxylic acids is 1. The number of carboxylic acid groups (broad SMARTS) is 1. The van der Waals surface area contributed by atoms with E-state index in [0.717, 1.165) is 12.6 Å². The van der Waals surface area contributed by atoms with Crippen molar-refractivity contribution in [1.82, 2.24) is 4.90 Å². The summed E-state index contributed by atoms with van der Waals surface area (Å²) in [6, 6.07) is 1.39. The van der Waals surface area contributed by atoms with Crippen LogP contribution < -0.4 is 5.73 Å². The van der Waals surface area contributed by atoms with E-state index in [1.165, 1.54) is 32.2 Å². The lowest BCUT2D eigenvalue weighted by molar-refractivity contribution is -0.192. The quantitative estimate of drug-likeness (QED) is 0.738. The SMILES string of the molecule is NC1CCCN(C2CC2)C1.O=C(O)C(F)(F)F. The predicted molar refractivity (Wildman–Crippen MR) is 55.5 cm³/mol. The zero-order chi connectivity index (χ0) is 13.1. The summed E-state index contributed by atoms with van der Waals surface area (Å²) in [5.74, 6) is -2.76. The normalized spacial score (nSPS) is 26.0. The lowest BCUT2D eigenvalue weighted by Crippen LogP contribution is -2.43. The molecule has 2 aliphatic rings.